The van der Waals surface area contributed by atoms with Crippen molar-refractivity contribution in [1.29, 1.82) is 0 Å². The molecule has 0 bridgehead atoms. The molecule has 0 radical (unpaired) electrons. The van der Waals surface area contributed by atoms with Crippen LogP contribution in [0.4, 0.5) is 0 Å². The molecule has 1 aliphatic carbocycles. The standard InChI is InChI=1S/C11H11BrO2/c12-9-3-1-7(2-4-9)5-8-6-10(8)11(13)14/h1-4,8,10H,5-6H2,(H,13,14)/t8-,10-/m0/s1. The number of carbonyl (C=O) groups is 1. The molecule has 1 N–H and O–H groups in total. The fourth-order valence-electron chi connectivity index (χ4n) is 1.70. The Morgan fingerprint density at radius 1 is 1.43 bits per heavy atom. The summed E-state index contributed by atoms with van der Waals surface area (Å²) in [7, 11) is 0. The summed E-state index contributed by atoms with van der Waals surface area (Å²) >= 11 is 3.37. The van der Waals surface area contributed by atoms with E-state index in [1.54, 1.807) is 0 Å². The van der Waals surface area contributed by atoms with Gasteiger partial charge in [-0.1, -0.05) is 28.1 Å². The molecule has 0 unspecified atom stereocenters. The van der Waals surface area contributed by atoms with Crippen molar-refractivity contribution >= 4 is 21.9 Å². The lowest BCUT2D eigenvalue weighted by atomic mass is 10.1. The zero-order valence-electron chi connectivity index (χ0n) is 7.61. The van der Waals surface area contributed by atoms with Crippen molar-refractivity contribution in [2.45, 2.75) is 12.8 Å². The molecule has 2 rings (SSSR count). The van der Waals surface area contributed by atoms with Crippen LogP contribution in [0.25, 0.3) is 0 Å². The molecule has 1 saturated carbocycles. The van der Waals surface area contributed by atoms with Gasteiger partial charge in [-0.25, -0.2) is 0 Å². The molecule has 0 amide bonds. The third-order valence-electron chi connectivity index (χ3n) is 2.65. The first-order valence-electron chi connectivity index (χ1n) is 4.64. The third kappa shape index (κ3) is 2.15. The zero-order chi connectivity index (χ0) is 10.1. The Bertz CT molecular complexity index is 345. The highest BCUT2D eigenvalue weighted by atomic mass is 79.9. The molecular weight excluding hydrogens is 244 g/mol. The number of hydrogen-bond donors (Lipinski definition) is 1. The number of hydrogen-bond acceptors (Lipinski definition) is 1. The van der Waals surface area contributed by atoms with Crippen LogP contribution < -0.4 is 0 Å². The maximum absolute atomic E-state index is 10.6. The average molecular weight is 255 g/mol. The summed E-state index contributed by atoms with van der Waals surface area (Å²) in [6.45, 7) is 0. The van der Waals surface area contributed by atoms with E-state index in [0.717, 1.165) is 17.3 Å². The van der Waals surface area contributed by atoms with E-state index in [9.17, 15) is 4.79 Å². The van der Waals surface area contributed by atoms with E-state index in [0.29, 0.717) is 5.92 Å². The summed E-state index contributed by atoms with van der Waals surface area (Å²) in [4.78, 5) is 10.6. The molecule has 0 spiro atoms. The van der Waals surface area contributed by atoms with Gasteiger partial charge in [0.15, 0.2) is 0 Å². The van der Waals surface area contributed by atoms with Gasteiger partial charge in [-0.3, -0.25) is 4.79 Å². The van der Waals surface area contributed by atoms with Crippen LogP contribution in [-0.4, -0.2) is 11.1 Å². The predicted molar refractivity (Wildman–Crippen MR) is 57.1 cm³/mol. The number of rotatable bonds is 3. The van der Waals surface area contributed by atoms with E-state index < -0.39 is 5.97 Å². The summed E-state index contributed by atoms with van der Waals surface area (Å²) in [6.07, 6.45) is 1.73. The van der Waals surface area contributed by atoms with Crippen molar-refractivity contribution in [2.24, 2.45) is 11.8 Å². The minimum Gasteiger partial charge on any atom is -0.481 e. The molecular formula is C11H11BrO2. The second kappa shape index (κ2) is 3.73. The van der Waals surface area contributed by atoms with E-state index >= 15 is 0 Å². The quantitative estimate of drug-likeness (QED) is 0.901. The maximum atomic E-state index is 10.6. The Labute approximate surface area is 91.1 Å². The minimum atomic E-state index is -0.646. The van der Waals surface area contributed by atoms with Crippen LogP contribution in [0, 0.1) is 11.8 Å². The van der Waals surface area contributed by atoms with Crippen LogP contribution in [0.1, 0.15) is 12.0 Å². The molecule has 3 heteroatoms. The highest BCUT2D eigenvalue weighted by Gasteiger charge is 2.42. The fraction of sp³-hybridized carbons (Fsp3) is 0.364. The lowest BCUT2D eigenvalue weighted by Crippen LogP contribution is -2.00. The van der Waals surface area contributed by atoms with Crippen LogP contribution >= 0.6 is 15.9 Å². The molecule has 0 heterocycles. The first-order valence-corrected chi connectivity index (χ1v) is 5.43. The lowest BCUT2D eigenvalue weighted by molar-refractivity contribution is -0.138. The third-order valence-corrected chi connectivity index (χ3v) is 3.18. The van der Waals surface area contributed by atoms with E-state index in [1.165, 1.54) is 5.56 Å². The van der Waals surface area contributed by atoms with Gasteiger partial charge in [0.25, 0.3) is 0 Å². The number of halogens is 1. The Morgan fingerprint density at radius 3 is 2.57 bits per heavy atom. The highest BCUT2D eigenvalue weighted by molar-refractivity contribution is 9.10. The van der Waals surface area contributed by atoms with Crippen LogP contribution in [0.15, 0.2) is 28.7 Å². The molecule has 2 atom stereocenters. The van der Waals surface area contributed by atoms with Gasteiger partial charge in [-0.15, -0.1) is 0 Å². The summed E-state index contributed by atoms with van der Waals surface area (Å²) in [5, 5.41) is 8.74. The lowest BCUT2D eigenvalue weighted by Gasteiger charge is -1.99. The Hall–Kier alpha value is -0.830. The van der Waals surface area contributed by atoms with Gasteiger partial charge in [0.05, 0.1) is 5.92 Å². The van der Waals surface area contributed by atoms with Crippen molar-refractivity contribution in [3.8, 4) is 0 Å². The van der Waals surface area contributed by atoms with Crippen molar-refractivity contribution in [3.05, 3.63) is 34.3 Å². The molecule has 1 aliphatic rings. The molecule has 0 aliphatic heterocycles. The van der Waals surface area contributed by atoms with Crippen LogP contribution in [0.3, 0.4) is 0 Å². The molecule has 0 aromatic heterocycles. The molecule has 74 valence electrons. The molecule has 1 fully saturated rings. The number of benzene rings is 1. The highest BCUT2D eigenvalue weighted by Crippen LogP contribution is 2.41. The van der Waals surface area contributed by atoms with Gasteiger partial charge in [-0.05, 0) is 36.5 Å². The van der Waals surface area contributed by atoms with Gasteiger partial charge in [0, 0.05) is 4.47 Å². The predicted octanol–water partition coefficient (Wildman–Crippen LogP) is 2.71. The summed E-state index contributed by atoms with van der Waals surface area (Å²) in [5.74, 6) is -0.389. The Kier molecular flexibility index (Phi) is 2.59. The number of carboxylic acid groups (broad SMARTS) is 1. The first-order chi connectivity index (χ1) is 6.66. The van der Waals surface area contributed by atoms with Crippen LogP contribution in [-0.2, 0) is 11.2 Å². The normalized spacial score (nSPS) is 24.6. The second-order valence-corrected chi connectivity index (χ2v) is 4.69. The number of aliphatic carboxylic acids is 1. The van der Waals surface area contributed by atoms with Crippen LogP contribution in [0.5, 0.6) is 0 Å². The second-order valence-electron chi connectivity index (χ2n) is 3.77. The molecule has 2 nitrogen and oxygen atoms in total. The van der Waals surface area contributed by atoms with Gasteiger partial charge in [0.2, 0.25) is 0 Å². The molecule has 14 heavy (non-hydrogen) atoms. The van der Waals surface area contributed by atoms with Gasteiger partial charge in [0.1, 0.15) is 0 Å². The Balaban J connectivity index is 1.94. The maximum Gasteiger partial charge on any atom is 0.306 e. The van der Waals surface area contributed by atoms with Crippen LogP contribution in [0.2, 0.25) is 0 Å². The van der Waals surface area contributed by atoms with Crippen molar-refractivity contribution in [3.63, 3.8) is 0 Å². The van der Waals surface area contributed by atoms with E-state index in [4.69, 9.17) is 5.11 Å². The number of carboxylic acids is 1. The van der Waals surface area contributed by atoms with Crippen molar-refractivity contribution in [1.82, 2.24) is 0 Å². The topological polar surface area (TPSA) is 37.3 Å². The largest absolute Gasteiger partial charge is 0.481 e. The zero-order valence-corrected chi connectivity index (χ0v) is 9.20. The van der Waals surface area contributed by atoms with Gasteiger partial charge < -0.3 is 5.11 Å². The van der Waals surface area contributed by atoms with Gasteiger partial charge in [-0.2, -0.15) is 0 Å². The summed E-state index contributed by atoms with van der Waals surface area (Å²) in [6, 6.07) is 8.07. The van der Waals surface area contributed by atoms with E-state index in [1.807, 2.05) is 24.3 Å². The summed E-state index contributed by atoms with van der Waals surface area (Å²) < 4.78 is 1.06. The van der Waals surface area contributed by atoms with Crippen molar-refractivity contribution in [2.75, 3.05) is 0 Å². The fourth-order valence-corrected chi connectivity index (χ4v) is 1.96. The minimum absolute atomic E-state index is 0.0985. The Morgan fingerprint density at radius 2 is 2.07 bits per heavy atom. The molecule has 0 saturated heterocycles. The van der Waals surface area contributed by atoms with Crippen molar-refractivity contribution < 1.29 is 9.90 Å². The SMILES string of the molecule is O=C(O)[C@H]1C[C@@H]1Cc1ccc(Br)cc1. The first kappa shape index (κ1) is 9.71. The van der Waals surface area contributed by atoms with Gasteiger partial charge >= 0.3 is 5.97 Å². The monoisotopic (exact) mass is 254 g/mol. The molecule has 1 aromatic carbocycles. The summed E-state index contributed by atoms with van der Waals surface area (Å²) in [5.41, 5.74) is 1.22. The van der Waals surface area contributed by atoms with E-state index in [2.05, 4.69) is 15.9 Å². The smallest absolute Gasteiger partial charge is 0.306 e. The van der Waals surface area contributed by atoms with E-state index in [-0.39, 0.29) is 5.92 Å². The molecule has 1 aromatic rings. The average Bonchev–Trinajstić information content (AvgIpc) is 2.88.